The van der Waals surface area contributed by atoms with E-state index in [9.17, 15) is 12.8 Å². The Labute approximate surface area is 124 Å². The zero-order chi connectivity index (χ0) is 15.3. The van der Waals surface area contributed by atoms with Gasteiger partial charge in [0.05, 0.1) is 12.2 Å². The number of hydrogen-bond acceptors (Lipinski definition) is 3. The van der Waals surface area contributed by atoms with Crippen LogP contribution in [0.15, 0.2) is 18.2 Å². The molecule has 114 valence electrons. The number of nitrogens with zero attached hydrogens (tertiary/aromatic N) is 1. The van der Waals surface area contributed by atoms with Crippen molar-refractivity contribution in [2.75, 3.05) is 24.4 Å². The maximum Gasteiger partial charge on any atom is 0.301 e. The number of anilines is 1. The van der Waals surface area contributed by atoms with Gasteiger partial charge >= 0.3 is 10.2 Å². The molecule has 3 N–H and O–H groups in total. The van der Waals surface area contributed by atoms with E-state index >= 15 is 0 Å². The van der Waals surface area contributed by atoms with E-state index in [1.165, 1.54) is 16.4 Å². The molecule has 0 aliphatic carbocycles. The molecule has 1 fully saturated rings. The van der Waals surface area contributed by atoms with Gasteiger partial charge in [-0.2, -0.15) is 12.7 Å². The fourth-order valence-electron chi connectivity index (χ4n) is 2.14. The summed E-state index contributed by atoms with van der Waals surface area (Å²) in [6.07, 6.45) is 2.68. The van der Waals surface area contributed by atoms with Crippen molar-refractivity contribution in [2.24, 2.45) is 5.73 Å². The number of halogens is 1. The molecule has 2 rings (SSSR count). The number of nitrogens with two attached hydrogens (primary N) is 1. The highest BCUT2D eigenvalue weighted by molar-refractivity contribution is 7.90. The average molecular weight is 311 g/mol. The van der Waals surface area contributed by atoms with Crippen molar-refractivity contribution in [1.82, 2.24) is 4.31 Å². The van der Waals surface area contributed by atoms with E-state index in [4.69, 9.17) is 5.73 Å². The van der Waals surface area contributed by atoms with Crippen molar-refractivity contribution in [2.45, 2.75) is 19.3 Å². The van der Waals surface area contributed by atoms with E-state index < -0.39 is 16.0 Å². The van der Waals surface area contributed by atoms with Crippen LogP contribution in [0, 0.1) is 17.7 Å². The van der Waals surface area contributed by atoms with E-state index in [-0.39, 0.29) is 12.2 Å². The van der Waals surface area contributed by atoms with E-state index in [0.29, 0.717) is 18.7 Å². The van der Waals surface area contributed by atoms with Crippen LogP contribution in [-0.2, 0) is 10.2 Å². The number of piperidine rings is 1. The van der Waals surface area contributed by atoms with Crippen molar-refractivity contribution < 1.29 is 12.8 Å². The lowest BCUT2D eigenvalue weighted by atomic mass is 10.2. The SMILES string of the molecule is NCC#Cc1ccc(NS(=O)(=O)N2CCCCC2)c(F)c1. The molecular formula is C14H18FN3O2S. The summed E-state index contributed by atoms with van der Waals surface area (Å²) in [5.74, 6) is 4.66. The molecule has 0 atom stereocenters. The lowest BCUT2D eigenvalue weighted by molar-refractivity contribution is 0.349. The minimum atomic E-state index is -3.70. The lowest BCUT2D eigenvalue weighted by Gasteiger charge is -2.26. The summed E-state index contributed by atoms with van der Waals surface area (Å²) in [5, 5.41) is 0. The molecule has 0 spiro atoms. The Kier molecular flexibility index (Phi) is 5.17. The van der Waals surface area contributed by atoms with Crippen molar-refractivity contribution >= 4 is 15.9 Å². The number of rotatable bonds is 3. The molecule has 0 bridgehead atoms. The third-order valence-corrected chi connectivity index (χ3v) is 4.72. The Morgan fingerprint density at radius 2 is 2.00 bits per heavy atom. The summed E-state index contributed by atoms with van der Waals surface area (Å²) >= 11 is 0. The number of benzene rings is 1. The lowest BCUT2D eigenvalue weighted by Crippen LogP contribution is -2.39. The second-order valence-electron chi connectivity index (χ2n) is 4.77. The molecule has 0 radical (unpaired) electrons. The highest BCUT2D eigenvalue weighted by atomic mass is 32.2. The van der Waals surface area contributed by atoms with Crippen LogP contribution in [0.5, 0.6) is 0 Å². The minimum Gasteiger partial charge on any atom is -0.320 e. The van der Waals surface area contributed by atoms with Gasteiger partial charge in [0.25, 0.3) is 0 Å². The predicted octanol–water partition coefficient (Wildman–Crippen LogP) is 1.28. The third kappa shape index (κ3) is 4.17. The predicted molar refractivity (Wildman–Crippen MR) is 80.3 cm³/mol. The second-order valence-corrected chi connectivity index (χ2v) is 6.44. The summed E-state index contributed by atoms with van der Waals surface area (Å²) in [4.78, 5) is 0. The normalized spacial score (nSPS) is 16.1. The molecule has 1 saturated heterocycles. The van der Waals surface area contributed by atoms with Gasteiger partial charge < -0.3 is 5.73 Å². The molecule has 1 heterocycles. The van der Waals surface area contributed by atoms with Crippen molar-refractivity contribution in [1.29, 1.82) is 0 Å². The monoisotopic (exact) mass is 311 g/mol. The Hall–Kier alpha value is -1.62. The topological polar surface area (TPSA) is 75.4 Å². The van der Waals surface area contributed by atoms with E-state index in [1.54, 1.807) is 6.07 Å². The van der Waals surface area contributed by atoms with E-state index in [0.717, 1.165) is 19.3 Å². The maximum atomic E-state index is 13.9. The molecule has 5 nitrogen and oxygen atoms in total. The minimum absolute atomic E-state index is 0.0705. The second kappa shape index (κ2) is 6.89. The van der Waals surface area contributed by atoms with Crippen LogP contribution in [0.4, 0.5) is 10.1 Å². The van der Waals surface area contributed by atoms with Crippen LogP contribution < -0.4 is 10.5 Å². The fourth-order valence-corrected chi connectivity index (χ4v) is 3.45. The smallest absolute Gasteiger partial charge is 0.301 e. The average Bonchev–Trinajstić information content (AvgIpc) is 2.48. The van der Waals surface area contributed by atoms with E-state index in [2.05, 4.69) is 16.6 Å². The molecule has 0 aromatic heterocycles. The summed E-state index contributed by atoms with van der Waals surface area (Å²) in [6.45, 7) is 1.12. The van der Waals surface area contributed by atoms with Crippen LogP contribution in [0.1, 0.15) is 24.8 Å². The molecule has 0 amide bonds. The number of hydrogen-bond donors (Lipinski definition) is 2. The Bertz CT molecular complexity index is 659. The van der Waals surface area contributed by atoms with Crippen LogP contribution in [0.3, 0.4) is 0 Å². The summed E-state index contributed by atoms with van der Waals surface area (Å²) in [5.41, 5.74) is 5.63. The molecule has 1 aromatic rings. The highest BCUT2D eigenvalue weighted by Gasteiger charge is 2.24. The molecule has 0 unspecified atom stereocenters. The first-order valence-corrected chi connectivity index (χ1v) is 8.23. The Balaban J connectivity index is 2.15. The zero-order valence-corrected chi connectivity index (χ0v) is 12.4. The van der Waals surface area contributed by atoms with Crippen LogP contribution >= 0.6 is 0 Å². The molecule has 1 aliphatic rings. The van der Waals surface area contributed by atoms with Gasteiger partial charge in [-0.1, -0.05) is 18.3 Å². The molecule has 21 heavy (non-hydrogen) atoms. The van der Waals surface area contributed by atoms with Crippen LogP contribution in [0.25, 0.3) is 0 Å². The first-order valence-electron chi connectivity index (χ1n) is 6.79. The standard InChI is InChI=1S/C14H18FN3O2S/c15-13-11-12(5-4-8-16)6-7-14(13)17-21(19,20)18-9-2-1-3-10-18/h6-7,11,17H,1-3,8-10,16H2. The van der Waals surface area contributed by atoms with Crippen LogP contribution in [0.2, 0.25) is 0 Å². The Morgan fingerprint density at radius 1 is 1.29 bits per heavy atom. The highest BCUT2D eigenvalue weighted by Crippen LogP contribution is 2.20. The molecule has 1 aliphatic heterocycles. The number of nitrogens with one attached hydrogen (secondary N) is 1. The van der Waals surface area contributed by atoms with Gasteiger partial charge in [-0.25, -0.2) is 4.39 Å². The van der Waals surface area contributed by atoms with Crippen LogP contribution in [-0.4, -0.2) is 32.4 Å². The van der Waals surface area contributed by atoms with E-state index in [1.807, 2.05) is 0 Å². The first-order chi connectivity index (χ1) is 10.0. The van der Waals surface area contributed by atoms with Gasteiger partial charge in [-0.05, 0) is 31.0 Å². The quantitative estimate of drug-likeness (QED) is 0.826. The fraction of sp³-hybridized carbons (Fsp3) is 0.429. The maximum absolute atomic E-state index is 13.9. The van der Waals surface area contributed by atoms with Crippen molar-refractivity contribution in [3.8, 4) is 11.8 Å². The van der Waals surface area contributed by atoms with Gasteiger partial charge in [0.2, 0.25) is 0 Å². The van der Waals surface area contributed by atoms with Gasteiger partial charge in [-0.3, -0.25) is 4.72 Å². The van der Waals surface area contributed by atoms with Gasteiger partial charge in [-0.15, -0.1) is 0 Å². The van der Waals surface area contributed by atoms with Crippen molar-refractivity contribution in [3.63, 3.8) is 0 Å². The zero-order valence-electron chi connectivity index (χ0n) is 11.6. The van der Waals surface area contributed by atoms with Gasteiger partial charge in [0.15, 0.2) is 0 Å². The summed E-state index contributed by atoms with van der Waals surface area (Å²) in [7, 11) is -3.70. The van der Waals surface area contributed by atoms with Crippen molar-refractivity contribution in [3.05, 3.63) is 29.6 Å². The summed E-state index contributed by atoms with van der Waals surface area (Å²) < 4.78 is 41.9. The first kappa shape index (κ1) is 15.8. The van der Waals surface area contributed by atoms with Gasteiger partial charge in [0.1, 0.15) is 5.82 Å². The molecule has 0 saturated carbocycles. The molecular weight excluding hydrogens is 293 g/mol. The largest absolute Gasteiger partial charge is 0.320 e. The van der Waals surface area contributed by atoms with Gasteiger partial charge in [0, 0.05) is 18.7 Å². The Morgan fingerprint density at radius 3 is 2.62 bits per heavy atom. The third-order valence-electron chi connectivity index (χ3n) is 3.20. The molecule has 7 heteroatoms. The summed E-state index contributed by atoms with van der Waals surface area (Å²) in [6, 6.07) is 4.12. The molecule has 1 aromatic carbocycles.